The van der Waals surface area contributed by atoms with E-state index in [2.05, 4.69) is 28.9 Å². The summed E-state index contributed by atoms with van der Waals surface area (Å²) in [5.41, 5.74) is 2.38. The lowest BCUT2D eigenvalue weighted by molar-refractivity contribution is -0.138. The molecule has 1 saturated heterocycles. The van der Waals surface area contributed by atoms with E-state index in [1.54, 1.807) is 0 Å². The fourth-order valence-corrected chi connectivity index (χ4v) is 3.33. The van der Waals surface area contributed by atoms with Crippen LogP contribution in [0, 0.1) is 5.92 Å². The molecule has 3 rings (SSSR count). The van der Waals surface area contributed by atoms with Crippen LogP contribution in [-0.4, -0.2) is 51.6 Å². The Kier molecular flexibility index (Phi) is 3.78. The third-order valence-electron chi connectivity index (χ3n) is 4.72. The second-order valence-corrected chi connectivity index (χ2v) is 6.29. The van der Waals surface area contributed by atoms with Crippen LogP contribution in [0.5, 0.6) is 0 Å². The zero-order chi connectivity index (χ0) is 14.1. The molecule has 2 aliphatic rings. The third-order valence-corrected chi connectivity index (χ3v) is 4.72. The van der Waals surface area contributed by atoms with Crippen molar-refractivity contribution in [3.63, 3.8) is 0 Å². The van der Waals surface area contributed by atoms with Crippen LogP contribution >= 0.6 is 0 Å². The SMILES string of the molecule is CC(C)N1CCC(C(=O)N2CCc3[nH]ncc3C2)CC1. The number of nitrogens with zero attached hydrogens (tertiary/aromatic N) is 3. The number of carbonyl (C=O) groups is 1. The van der Waals surface area contributed by atoms with E-state index in [1.807, 2.05) is 11.1 Å². The zero-order valence-electron chi connectivity index (χ0n) is 12.4. The Labute approximate surface area is 120 Å². The standard InChI is InChI=1S/C15H24N4O/c1-11(2)18-6-3-12(4-7-18)15(20)19-8-5-14-13(10-19)9-16-17-14/h9,11-12H,3-8,10H2,1-2H3,(H,16,17). The lowest BCUT2D eigenvalue weighted by Gasteiger charge is -2.37. The first-order chi connectivity index (χ1) is 9.65. The number of hydrogen-bond acceptors (Lipinski definition) is 3. The molecule has 0 unspecified atom stereocenters. The first kappa shape index (κ1) is 13.6. The minimum atomic E-state index is 0.221. The molecule has 0 atom stereocenters. The van der Waals surface area contributed by atoms with E-state index in [0.29, 0.717) is 11.9 Å². The molecular weight excluding hydrogens is 252 g/mol. The van der Waals surface area contributed by atoms with Crippen LogP contribution in [0.15, 0.2) is 6.20 Å². The lowest BCUT2D eigenvalue weighted by atomic mass is 9.93. The second-order valence-electron chi connectivity index (χ2n) is 6.29. The number of aromatic amines is 1. The van der Waals surface area contributed by atoms with E-state index in [9.17, 15) is 4.79 Å². The van der Waals surface area contributed by atoms with Gasteiger partial charge in [-0.3, -0.25) is 9.89 Å². The highest BCUT2D eigenvalue weighted by atomic mass is 16.2. The molecule has 1 amide bonds. The van der Waals surface area contributed by atoms with Gasteiger partial charge in [-0.25, -0.2) is 0 Å². The zero-order valence-corrected chi connectivity index (χ0v) is 12.4. The smallest absolute Gasteiger partial charge is 0.226 e. The average Bonchev–Trinajstić information content (AvgIpc) is 2.94. The van der Waals surface area contributed by atoms with Gasteiger partial charge in [0, 0.05) is 42.7 Å². The van der Waals surface area contributed by atoms with Crippen molar-refractivity contribution in [3.05, 3.63) is 17.5 Å². The van der Waals surface area contributed by atoms with Gasteiger partial charge in [0.25, 0.3) is 0 Å². The highest BCUT2D eigenvalue weighted by molar-refractivity contribution is 5.79. The number of amides is 1. The normalized spacial score (nSPS) is 21.2. The highest BCUT2D eigenvalue weighted by Gasteiger charge is 2.31. The van der Waals surface area contributed by atoms with E-state index in [1.165, 1.54) is 11.3 Å². The maximum absolute atomic E-state index is 12.6. The van der Waals surface area contributed by atoms with Crippen molar-refractivity contribution in [1.82, 2.24) is 20.0 Å². The van der Waals surface area contributed by atoms with Crippen LogP contribution in [0.4, 0.5) is 0 Å². The van der Waals surface area contributed by atoms with E-state index >= 15 is 0 Å². The van der Waals surface area contributed by atoms with Crippen molar-refractivity contribution in [2.75, 3.05) is 19.6 Å². The fourth-order valence-electron chi connectivity index (χ4n) is 3.33. The minimum absolute atomic E-state index is 0.221. The monoisotopic (exact) mass is 276 g/mol. The average molecular weight is 276 g/mol. The number of aromatic nitrogens is 2. The first-order valence-electron chi connectivity index (χ1n) is 7.69. The maximum Gasteiger partial charge on any atom is 0.226 e. The number of piperidine rings is 1. The van der Waals surface area contributed by atoms with Gasteiger partial charge in [-0.05, 0) is 39.8 Å². The molecule has 20 heavy (non-hydrogen) atoms. The van der Waals surface area contributed by atoms with E-state index < -0.39 is 0 Å². The summed E-state index contributed by atoms with van der Waals surface area (Å²) in [6, 6.07) is 0.592. The van der Waals surface area contributed by atoms with Crippen LogP contribution in [0.1, 0.15) is 37.9 Å². The topological polar surface area (TPSA) is 52.2 Å². The van der Waals surface area contributed by atoms with Crippen molar-refractivity contribution in [1.29, 1.82) is 0 Å². The Morgan fingerprint density at radius 2 is 2.10 bits per heavy atom. The Bertz CT molecular complexity index is 474. The van der Waals surface area contributed by atoms with E-state index in [-0.39, 0.29) is 5.92 Å². The van der Waals surface area contributed by atoms with Gasteiger partial charge >= 0.3 is 0 Å². The van der Waals surface area contributed by atoms with Crippen LogP contribution in [0.2, 0.25) is 0 Å². The number of fused-ring (bicyclic) bond motifs is 1. The number of hydrogen-bond donors (Lipinski definition) is 1. The molecule has 2 aliphatic heterocycles. The number of carbonyl (C=O) groups excluding carboxylic acids is 1. The van der Waals surface area contributed by atoms with Crippen LogP contribution in [-0.2, 0) is 17.8 Å². The maximum atomic E-state index is 12.6. The van der Waals surface area contributed by atoms with Gasteiger partial charge in [-0.15, -0.1) is 0 Å². The summed E-state index contributed by atoms with van der Waals surface area (Å²) in [6.07, 6.45) is 4.78. The van der Waals surface area contributed by atoms with Gasteiger partial charge in [0.1, 0.15) is 0 Å². The van der Waals surface area contributed by atoms with Gasteiger partial charge < -0.3 is 9.80 Å². The van der Waals surface area contributed by atoms with Gasteiger partial charge in [0.15, 0.2) is 0 Å². The quantitative estimate of drug-likeness (QED) is 0.888. The molecule has 0 radical (unpaired) electrons. The Morgan fingerprint density at radius 1 is 1.35 bits per heavy atom. The highest BCUT2D eigenvalue weighted by Crippen LogP contribution is 2.24. The molecule has 0 aliphatic carbocycles. The molecule has 3 heterocycles. The summed E-state index contributed by atoms with van der Waals surface area (Å²) in [4.78, 5) is 17.1. The largest absolute Gasteiger partial charge is 0.338 e. The van der Waals surface area contributed by atoms with Crippen LogP contribution in [0.3, 0.4) is 0 Å². The molecule has 0 bridgehead atoms. The van der Waals surface area contributed by atoms with E-state index in [4.69, 9.17) is 0 Å². The number of rotatable bonds is 2. The predicted molar refractivity (Wildman–Crippen MR) is 77.1 cm³/mol. The Hall–Kier alpha value is -1.36. The summed E-state index contributed by atoms with van der Waals surface area (Å²) < 4.78 is 0. The summed E-state index contributed by atoms with van der Waals surface area (Å²) >= 11 is 0. The second kappa shape index (κ2) is 5.56. The molecule has 110 valence electrons. The molecule has 5 heteroatoms. The van der Waals surface area contributed by atoms with E-state index in [0.717, 1.165) is 45.4 Å². The van der Waals surface area contributed by atoms with Gasteiger partial charge in [0.05, 0.1) is 6.20 Å². The molecule has 1 N–H and O–H groups in total. The lowest BCUT2D eigenvalue weighted by Crippen LogP contribution is -2.45. The third kappa shape index (κ3) is 2.59. The minimum Gasteiger partial charge on any atom is -0.338 e. The van der Waals surface area contributed by atoms with Crippen molar-refractivity contribution in [3.8, 4) is 0 Å². The molecular formula is C15H24N4O. The summed E-state index contributed by atoms with van der Waals surface area (Å²) in [5.74, 6) is 0.568. The summed E-state index contributed by atoms with van der Waals surface area (Å²) in [6.45, 7) is 8.13. The Morgan fingerprint density at radius 3 is 2.80 bits per heavy atom. The van der Waals surface area contributed by atoms with Crippen molar-refractivity contribution in [2.24, 2.45) is 5.92 Å². The molecule has 5 nitrogen and oxygen atoms in total. The molecule has 0 spiro atoms. The van der Waals surface area contributed by atoms with Gasteiger partial charge in [-0.2, -0.15) is 5.10 Å². The molecule has 1 aromatic rings. The van der Waals surface area contributed by atoms with Gasteiger partial charge in [-0.1, -0.05) is 0 Å². The molecule has 0 saturated carbocycles. The predicted octanol–water partition coefficient (Wildman–Crippen LogP) is 1.41. The summed E-state index contributed by atoms with van der Waals surface area (Å²) in [5, 5.41) is 7.09. The number of H-pyrrole nitrogens is 1. The van der Waals surface area contributed by atoms with Crippen molar-refractivity contribution < 1.29 is 4.79 Å². The first-order valence-corrected chi connectivity index (χ1v) is 7.69. The number of nitrogens with one attached hydrogen (secondary N) is 1. The fraction of sp³-hybridized carbons (Fsp3) is 0.733. The van der Waals surface area contributed by atoms with Crippen LogP contribution in [0.25, 0.3) is 0 Å². The van der Waals surface area contributed by atoms with Crippen molar-refractivity contribution in [2.45, 2.75) is 45.7 Å². The van der Waals surface area contributed by atoms with Crippen molar-refractivity contribution >= 4 is 5.91 Å². The van der Waals surface area contributed by atoms with Gasteiger partial charge in [0.2, 0.25) is 5.91 Å². The Balaban J connectivity index is 1.58. The van der Waals surface area contributed by atoms with Crippen LogP contribution < -0.4 is 0 Å². The molecule has 1 fully saturated rings. The number of likely N-dealkylation sites (tertiary alicyclic amines) is 1. The summed E-state index contributed by atoms with van der Waals surface area (Å²) in [7, 11) is 0. The molecule has 1 aromatic heterocycles. The molecule has 0 aromatic carbocycles.